The normalized spacial score (nSPS) is 20.3. The van der Waals surface area contributed by atoms with E-state index in [-0.39, 0.29) is 23.1 Å². The number of aryl methyl sites for hydroxylation is 1. The lowest BCUT2D eigenvalue weighted by molar-refractivity contribution is -0.132. The van der Waals surface area contributed by atoms with E-state index in [9.17, 15) is 14.0 Å². The smallest absolute Gasteiger partial charge is 0.308 e. The van der Waals surface area contributed by atoms with Crippen molar-refractivity contribution >= 4 is 34.2 Å². The molecule has 2 heterocycles. The summed E-state index contributed by atoms with van der Waals surface area (Å²) in [5.74, 6) is 3.93. The lowest BCUT2D eigenvalue weighted by Crippen LogP contribution is -2.46. The Morgan fingerprint density at radius 3 is 2.34 bits per heavy atom. The summed E-state index contributed by atoms with van der Waals surface area (Å²) in [7, 11) is 1.56. The van der Waals surface area contributed by atoms with E-state index in [0.717, 1.165) is 31.4 Å². The van der Waals surface area contributed by atoms with Crippen LogP contribution in [0.2, 0.25) is 0 Å². The second kappa shape index (κ2) is 23.1. The van der Waals surface area contributed by atoms with E-state index in [4.69, 9.17) is 37.9 Å². The van der Waals surface area contributed by atoms with Gasteiger partial charge in [0.05, 0.1) is 78.2 Å². The molecule has 374 valence electrons. The molecular weight excluding hydrogens is 912 g/mol. The molecule has 0 spiro atoms. The van der Waals surface area contributed by atoms with Gasteiger partial charge >= 0.3 is 5.97 Å². The van der Waals surface area contributed by atoms with Crippen molar-refractivity contribution in [3.05, 3.63) is 120 Å². The van der Waals surface area contributed by atoms with Crippen LogP contribution in [0.4, 0.5) is 15.9 Å². The number of carbonyl (C=O) groups excluding carboxylic acids is 2. The first-order chi connectivity index (χ1) is 34.6. The standard InChI is InChI=1S/C54H61FN6O10/c1-35(62)71-42-12-14-43-37(27-42)9-13-44-47-15-16-51(63)54(47,2)31-46(52(43)44)36-7-10-41(11-8-36)69-18-17-61-32-40(59-60-61)33-68-24-23-66-20-19-65-21-22-67-25-26-70-50-30-48-45(29-49(50)64-3)53(57-34-56-48)58-39-6-4-5-38(55)28-39/h4-8,10-12,14,27-30,32,34,44,46-47,52H,9,13,15-26,31,33H2,1-3H3,(H,56,57,58)/t44-,46+,47-,52+,54-/m0/s1. The Kier molecular flexibility index (Phi) is 16.1. The molecule has 0 unspecified atom stereocenters. The first-order valence-corrected chi connectivity index (χ1v) is 24.4. The van der Waals surface area contributed by atoms with Crippen LogP contribution in [-0.4, -0.2) is 103 Å². The van der Waals surface area contributed by atoms with Gasteiger partial charge in [0.2, 0.25) is 0 Å². The van der Waals surface area contributed by atoms with E-state index in [1.165, 1.54) is 42.1 Å². The number of hydrogen-bond donors (Lipinski definition) is 1. The minimum atomic E-state index is -0.350. The summed E-state index contributed by atoms with van der Waals surface area (Å²) < 4.78 is 61.2. The van der Waals surface area contributed by atoms with Crippen molar-refractivity contribution < 1.29 is 51.9 Å². The number of benzene rings is 4. The fraction of sp³-hybridized carbons (Fsp3) is 0.444. The predicted molar refractivity (Wildman–Crippen MR) is 261 cm³/mol. The van der Waals surface area contributed by atoms with Gasteiger partial charge in [-0.25, -0.2) is 19.0 Å². The fourth-order valence-electron chi connectivity index (χ4n) is 10.8. The third-order valence-electron chi connectivity index (χ3n) is 14.0. The molecule has 6 aromatic rings. The van der Waals surface area contributed by atoms with Gasteiger partial charge in [-0.05, 0) is 115 Å². The number of nitrogens with zero attached hydrogens (tertiary/aromatic N) is 5. The number of halogens is 1. The third kappa shape index (κ3) is 12.0. The number of ether oxygens (including phenoxy) is 8. The lowest BCUT2D eigenvalue weighted by Gasteiger charge is -2.52. The summed E-state index contributed by atoms with van der Waals surface area (Å²) in [6.07, 6.45) is 7.70. The van der Waals surface area contributed by atoms with Crippen LogP contribution in [0.3, 0.4) is 0 Å². The van der Waals surface area contributed by atoms with Crippen LogP contribution < -0.4 is 24.3 Å². The molecule has 2 fully saturated rings. The zero-order valence-electron chi connectivity index (χ0n) is 40.5. The molecule has 5 atom stereocenters. The van der Waals surface area contributed by atoms with Gasteiger partial charge in [0, 0.05) is 35.9 Å². The van der Waals surface area contributed by atoms with Crippen LogP contribution in [-0.2, 0) is 48.1 Å². The number of esters is 1. The highest BCUT2D eigenvalue weighted by Gasteiger charge is 2.58. The fourth-order valence-corrected chi connectivity index (χ4v) is 10.8. The van der Waals surface area contributed by atoms with Crippen molar-refractivity contribution in [1.82, 2.24) is 25.0 Å². The Balaban J connectivity index is 0.631. The maximum atomic E-state index is 13.7. The first kappa shape index (κ1) is 49.5. The number of hydrogen-bond acceptors (Lipinski definition) is 15. The van der Waals surface area contributed by atoms with Crippen molar-refractivity contribution in [3.63, 3.8) is 0 Å². The molecule has 0 bridgehead atoms. The number of fused-ring (bicyclic) bond motifs is 6. The van der Waals surface area contributed by atoms with Crippen LogP contribution in [0.25, 0.3) is 10.9 Å². The molecule has 3 aliphatic rings. The number of methoxy groups -OCH3 is 1. The zero-order valence-corrected chi connectivity index (χ0v) is 40.5. The number of carbonyl (C=O) groups is 2. The van der Waals surface area contributed by atoms with E-state index in [1.54, 1.807) is 36.1 Å². The molecule has 16 nitrogen and oxygen atoms in total. The number of ketones is 1. The van der Waals surface area contributed by atoms with Crippen LogP contribution >= 0.6 is 0 Å². The topological polar surface area (TPSA) is 176 Å². The van der Waals surface area contributed by atoms with Gasteiger partial charge in [0.1, 0.15) is 54.2 Å². The second-order valence-electron chi connectivity index (χ2n) is 18.5. The van der Waals surface area contributed by atoms with Gasteiger partial charge in [-0.15, -0.1) is 5.10 Å². The van der Waals surface area contributed by atoms with Crippen LogP contribution in [0.1, 0.15) is 73.8 Å². The summed E-state index contributed by atoms with van der Waals surface area (Å²) in [5.41, 5.74) is 5.39. The Morgan fingerprint density at radius 1 is 0.817 bits per heavy atom. The predicted octanol–water partition coefficient (Wildman–Crippen LogP) is 8.58. The monoisotopic (exact) mass is 972 g/mol. The van der Waals surface area contributed by atoms with Gasteiger partial charge < -0.3 is 43.2 Å². The lowest BCUT2D eigenvalue weighted by atomic mass is 9.51. The van der Waals surface area contributed by atoms with Crippen molar-refractivity contribution in [3.8, 4) is 23.0 Å². The molecule has 0 saturated heterocycles. The third-order valence-corrected chi connectivity index (χ3v) is 14.0. The number of Topliss-reactive ketones (excluding diaryl/α,β-unsaturated/α-hetero) is 1. The first-order valence-electron chi connectivity index (χ1n) is 24.4. The molecule has 2 saturated carbocycles. The molecule has 0 amide bonds. The summed E-state index contributed by atoms with van der Waals surface area (Å²) >= 11 is 0. The maximum Gasteiger partial charge on any atom is 0.308 e. The molecule has 0 aliphatic heterocycles. The highest BCUT2D eigenvalue weighted by molar-refractivity contribution is 5.93. The SMILES string of the molecule is COc1cc2c(Nc3cccc(F)c3)ncnc2cc1OCCOCCOCCOCCOCc1cn(CCOc2ccc([C@H]3C[C@]4(C)C(=O)CC[C@H]4[C@@H]4CCc5cc(OC(C)=O)ccc5[C@H]43)cc2)nn1. The van der Waals surface area contributed by atoms with E-state index >= 15 is 0 Å². The van der Waals surface area contributed by atoms with E-state index in [1.807, 2.05) is 30.5 Å². The highest BCUT2D eigenvalue weighted by atomic mass is 19.1. The molecule has 17 heteroatoms. The average Bonchev–Trinajstić information content (AvgIpc) is 3.95. The molecule has 9 rings (SSSR count). The number of anilines is 2. The Morgan fingerprint density at radius 2 is 1.58 bits per heavy atom. The molecule has 1 N–H and O–H groups in total. The second-order valence-corrected chi connectivity index (χ2v) is 18.5. The Hall–Kier alpha value is -6.53. The average molecular weight is 973 g/mol. The largest absolute Gasteiger partial charge is 0.493 e. The minimum Gasteiger partial charge on any atom is -0.493 e. The van der Waals surface area contributed by atoms with Crippen LogP contribution in [0.5, 0.6) is 23.0 Å². The highest BCUT2D eigenvalue weighted by Crippen LogP contribution is 2.64. The molecule has 4 aromatic carbocycles. The summed E-state index contributed by atoms with van der Waals surface area (Å²) in [4.78, 5) is 33.8. The number of nitrogens with one attached hydrogen (secondary N) is 1. The summed E-state index contributed by atoms with van der Waals surface area (Å²) in [6.45, 7) is 8.01. The van der Waals surface area contributed by atoms with Gasteiger partial charge in [-0.1, -0.05) is 36.4 Å². The number of rotatable bonds is 24. The summed E-state index contributed by atoms with van der Waals surface area (Å²) in [6, 6.07) is 24.2. The van der Waals surface area contributed by atoms with Crippen molar-refractivity contribution in [2.75, 3.05) is 71.9 Å². The molecular formula is C54H61FN6O10. The molecule has 71 heavy (non-hydrogen) atoms. The van der Waals surface area contributed by atoms with Crippen molar-refractivity contribution in [2.45, 2.75) is 70.9 Å². The van der Waals surface area contributed by atoms with Gasteiger partial charge in [-0.3, -0.25) is 9.59 Å². The molecule has 3 aliphatic carbocycles. The van der Waals surface area contributed by atoms with E-state index in [0.29, 0.717) is 148 Å². The minimum absolute atomic E-state index is 0.187. The van der Waals surface area contributed by atoms with Gasteiger partial charge in [0.25, 0.3) is 0 Å². The quantitative estimate of drug-likeness (QED) is 0.0346. The zero-order chi connectivity index (χ0) is 49.2. The molecule has 2 aromatic heterocycles. The van der Waals surface area contributed by atoms with E-state index in [2.05, 4.69) is 50.7 Å². The van der Waals surface area contributed by atoms with Gasteiger partial charge in [0.15, 0.2) is 11.5 Å². The Labute approximate surface area is 412 Å². The van der Waals surface area contributed by atoms with Crippen LogP contribution in [0.15, 0.2) is 91.4 Å². The van der Waals surface area contributed by atoms with Gasteiger partial charge in [-0.2, -0.15) is 0 Å². The maximum absolute atomic E-state index is 13.7. The van der Waals surface area contributed by atoms with Crippen molar-refractivity contribution in [1.29, 1.82) is 0 Å². The Bertz CT molecular complexity index is 2770. The van der Waals surface area contributed by atoms with Crippen molar-refractivity contribution in [2.24, 2.45) is 17.3 Å². The number of aromatic nitrogens is 5. The van der Waals surface area contributed by atoms with Crippen LogP contribution in [0, 0.1) is 23.1 Å². The molecule has 0 radical (unpaired) electrons. The summed E-state index contributed by atoms with van der Waals surface area (Å²) in [5, 5.41) is 12.3. The van der Waals surface area contributed by atoms with E-state index < -0.39 is 0 Å².